The van der Waals surface area contributed by atoms with Gasteiger partial charge in [0.05, 0.1) is 0 Å². The smallest absolute Gasteiger partial charge is 0.405 e. The largest absolute Gasteiger partial charge is 0.436 e. The van der Waals surface area contributed by atoms with Gasteiger partial charge in [-0.15, -0.1) is 0 Å². The highest BCUT2D eigenvalue weighted by atomic mass is 16.6. The summed E-state index contributed by atoms with van der Waals surface area (Å²) >= 11 is 0. The van der Waals surface area contributed by atoms with Crippen LogP contribution in [0, 0.1) is 23.2 Å². The molecule has 0 saturated heterocycles. The van der Waals surface area contributed by atoms with Crippen LogP contribution in [0.2, 0.25) is 0 Å². The number of para-hydroxylation sites is 1. The monoisotopic (exact) mass is 434 g/mol. The molecule has 1 atom stereocenters. The van der Waals surface area contributed by atoms with Gasteiger partial charge in [-0.1, -0.05) is 23.4 Å². The molecule has 1 aromatic carbocycles. The zero-order valence-electron chi connectivity index (χ0n) is 18.5. The first-order valence-electron chi connectivity index (χ1n) is 11.8. The van der Waals surface area contributed by atoms with Gasteiger partial charge < -0.3 is 19.6 Å². The van der Waals surface area contributed by atoms with Gasteiger partial charge >= 0.3 is 6.09 Å². The Labute approximate surface area is 187 Å². The van der Waals surface area contributed by atoms with E-state index in [1.807, 2.05) is 19.2 Å². The van der Waals surface area contributed by atoms with Gasteiger partial charge in [-0.05, 0) is 73.3 Å². The molecule has 4 aliphatic rings. The number of hydrogen-bond acceptors (Lipinski definition) is 5. The lowest BCUT2D eigenvalue weighted by molar-refractivity contribution is -0.0533. The van der Waals surface area contributed by atoms with E-state index in [2.05, 4.69) is 28.1 Å². The number of primary amides is 1. The molecule has 0 aliphatic heterocycles. The van der Waals surface area contributed by atoms with Crippen molar-refractivity contribution < 1.29 is 14.1 Å². The number of nitrogens with zero attached hydrogens (tertiary/aromatic N) is 3. The third-order valence-corrected chi connectivity index (χ3v) is 8.10. The molecule has 1 amide bonds. The third kappa shape index (κ3) is 3.48. The van der Waals surface area contributed by atoms with E-state index in [0.29, 0.717) is 17.7 Å². The molecule has 0 radical (unpaired) electrons. The molecule has 4 bridgehead atoms. The van der Waals surface area contributed by atoms with Gasteiger partial charge in [-0.25, -0.2) is 4.79 Å². The number of carbonyl (C=O) groups excluding carboxylic acids is 1. The predicted octanol–water partition coefficient (Wildman–Crippen LogP) is 4.70. The van der Waals surface area contributed by atoms with Crippen LogP contribution >= 0.6 is 0 Å². The van der Waals surface area contributed by atoms with E-state index in [9.17, 15) is 4.79 Å². The summed E-state index contributed by atoms with van der Waals surface area (Å²) in [6.07, 6.45) is 9.92. The maximum absolute atomic E-state index is 11.7. The minimum atomic E-state index is -0.837. The minimum absolute atomic E-state index is 0.325. The van der Waals surface area contributed by atoms with Crippen molar-refractivity contribution in [3.05, 3.63) is 47.7 Å². The van der Waals surface area contributed by atoms with Crippen molar-refractivity contribution >= 4 is 17.0 Å². The highest BCUT2D eigenvalue weighted by Gasteiger charge is 2.51. The number of benzene rings is 1. The van der Waals surface area contributed by atoms with Gasteiger partial charge in [0.25, 0.3) is 5.89 Å². The highest BCUT2D eigenvalue weighted by molar-refractivity contribution is 5.84. The van der Waals surface area contributed by atoms with Gasteiger partial charge in [0.2, 0.25) is 0 Å². The number of carbonyl (C=O) groups is 1. The summed E-state index contributed by atoms with van der Waals surface area (Å²) in [5.74, 6) is 3.70. The molecule has 3 aromatic rings. The van der Waals surface area contributed by atoms with Gasteiger partial charge in [0.1, 0.15) is 0 Å². The van der Waals surface area contributed by atoms with Crippen LogP contribution in [0.25, 0.3) is 10.9 Å². The molecule has 32 heavy (non-hydrogen) atoms. The van der Waals surface area contributed by atoms with Crippen LogP contribution in [0.4, 0.5) is 4.79 Å². The van der Waals surface area contributed by atoms with Gasteiger partial charge in [0.15, 0.2) is 11.9 Å². The normalized spacial score (nSPS) is 29.5. The second kappa shape index (κ2) is 7.36. The summed E-state index contributed by atoms with van der Waals surface area (Å²) in [5, 5.41) is 5.42. The van der Waals surface area contributed by atoms with Crippen molar-refractivity contribution in [2.75, 3.05) is 0 Å². The first kappa shape index (κ1) is 19.8. The predicted molar refractivity (Wildman–Crippen MR) is 119 cm³/mol. The van der Waals surface area contributed by atoms with Crippen molar-refractivity contribution in [2.24, 2.45) is 36.0 Å². The molecule has 7 nitrogen and oxygen atoms in total. The number of amides is 1. The Bertz CT molecular complexity index is 1130. The summed E-state index contributed by atoms with van der Waals surface area (Å²) in [4.78, 5) is 16.4. The van der Waals surface area contributed by atoms with Crippen LogP contribution < -0.4 is 5.73 Å². The van der Waals surface area contributed by atoms with Crippen LogP contribution in [0.15, 0.2) is 35.0 Å². The second-order valence-corrected chi connectivity index (χ2v) is 10.6. The molecule has 7 heteroatoms. The summed E-state index contributed by atoms with van der Waals surface area (Å²) in [5.41, 5.74) is 7.88. The topological polar surface area (TPSA) is 96.2 Å². The van der Waals surface area contributed by atoms with Crippen molar-refractivity contribution in [3.63, 3.8) is 0 Å². The van der Waals surface area contributed by atoms with Gasteiger partial charge in [0, 0.05) is 37.0 Å². The van der Waals surface area contributed by atoms with E-state index < -0.39 is 12.2 Å². The van der Waals surface area contributed by atoms with Crippen molar-refractivity contribution in [2.45, 2.75) is 57.5 Å². The summed E-state index contributed by atoms with van der Waals surface area (Å²) < 4.78 is 13.1. The van der Waals surface area contributed by atoms with E-state index in [1.54, 1.807) is 0 Å². The lowest BCUT2D eigenvalue weighted by atomic mass is 9.49. The molecule has 4 saturated carbocycles. The fraction of sp³-hybridized carbons (Fsp3) is 0.560. The van der Waals surface area contributed by atoms with E-state index >= 15 is 0 Å². The second-order valence-electron chi connectivity index (χ2n) is 10.6. The van der Waals surface area contributed by atoms with Crippen LogP contribution in [-0.2, 0) is 24.6 Å². The number of ether oxygens (including phenoxy) is 1. The summed E-state index contributed by atoms with van der Waals surface area (Å²) in [6.45, 7) is 0. The fourth-order valence-electron chi connectivity index (χ4n) is 7.42. The molecular formula is C25H30N4O3. The SMILES string of the molecule is Cn1cc(CC(OC(N)=O)c2nc(CC34CC5CC(CC(C5)C3)C4)no2)c2ccccc21. The highest BCUT2D eigenvalue weighted by Crippen LogP contribution is 2.60. The first-order valence-corrected chi connectivity index (χ1v) is 11.8. The quantitative estimate of drug-likeness (QED) is 0.607. The third-order valence-electron chi connectivity index (χ3n) is 8.10. The Morgan fingerprint density at radius 2 is 1.91 bits per heavy atom. The van der Waals surface area contributed by atoms with Crippen LogP contribution in [0.5, 0.6) is 0 Å². The fourth-order valence-corrected chi connectivity index (χ4v) is 7.42. The van der Waals surface area contributed by atoms with Crippen LogP contribution in [0.1, 0.15) is 61.9 Å². The van der Waals surface area contributed by atoms with Crippen molar-refractivity contribution in [3.8, 4) is 0 Å². The number of aryl methyl sites for hydroxylation is 1. The number of hydrogen-bond donors (Lipinski definition) is 1. The Balaban J connectivity index is 1.25. The molecule has 7 rings (SSSR count). The molecule has 2 heterocycles. The van der Waals surface area contributed by atoms with E-state index in [1.165, 1.54) is 38.5 Å². The molecule has 4 fully saturated rings. The number of fused-ring (bicyclic) bond motifs is 1. The van der Waals surface area contributed by atoms with Gasteiger partial charge in [-0.2, -0.15) is 4.98 Å². The summed E-state index contributed by atoms with van der Waals surface area (Å²) in [6, 6.07) is 8.15. The minimum Gasteiger partial charge on any atom is -0.436 e. The molecule has 1 unspecified atom stereocenters. The molecule has 0 spiro atoms. The number of aromatic nitrogens is 3. The zero-order valence-corrected chi connectivity index (χ0v) is 18.5. The average molecular weight is 435 g/mol. The average Bonchev–Trinajstić information content (AvgIpc) is 3.31. The van der Waals surface area contributed by atoms with Crippen molar-refractivity contribution in [1.82, 2.24) is 14.7 Å². The Kier molecular flexibility index (Phi) is 4.56. The maximum atomic E-state index is 11.7. The lowest BCUT2D eigenvalue weighted by Crippen LogP contribution is -2.47. The number of rotatable bonds is 6. The van der Waals surface area contributed by atoms with Crippen LogP contribution in [-0.4, -0.2) is 20.8 Å². The Morgan fingerprint density at radius 1 is 1.22 bits per heavy atom. The molecule has 2 aromatic heterocycles. The zero-order chi connectivity index (χ0) is 21.9. The standard InChI is InChI=1S/C25H30N4O3/c1-29-14-18(19-4-2-3-5-20(19)29)9-21(31-24(26)30)23-27-22(28-32-23)13-25-10-15-6-16(11-25)8-17(7-15)12-25/h2-5,14-17,21H,6-13H2,1H3,(H2,26,30). The van der Waals surface area contributed by atoms with E-state index in [-0.39, 0.29) is 0 Å². The number of nitrogens with two attached hydrogens (primary N) is 1. The lowest BCUT2D eigenvalue weighted by Gasteiger charge is -2.56. The molecular weight excluding hydrogens is 404 g/mol. The Morgan fingerprint density at radius 3 is 2.59 bits per heavy atom. The maximum Gasteiger partial charge on any atom is 0.405 e. The van der Waals surface area contributed by atoms with E-state index in [0.717, 1.165) is 46.5 Å². The summed E-state index contributed by atoms with van der Waals surface area (Å²) in [7, 11) is 2.01. The van der Waals surface area contributed by atoms with Crippen LogP contribution in [0.3, 0.4) is 0 Å². The van der Waals surface area contributed by atoms with Gasteiger partial charge in [-0.3, -0.25) is 0 Å². The molecule has 2 N–H and O–H groups in total. The van der Waals surface area contributed by atoms with Crippen molar-refractivity contribution in [1.29, 1.82) is 0 Å². The molecule has 4 aliphatic carbocycles. The van der Waals surface area contributed by atoms with E-state index in [4.69, 9.17) is 20.0 Å². The Hall–Kier alpha value is -2.83. The first-order chi connectivity index (χ1) is 15.5. The molecule has 168 valence electrons.